The first-order valence-corrected chi connectivity index (χ1v) is 13.1. The van der Waals surface area contributed by atoms with Crippen molar-refractivity contribution in [2.45, 2.75) is 84.2 Å². The van der Waals surface area contributed by atoms with E-state index in [2.05, 4.69) is 55.5 Å². The van der Waals surface area contributed by atoms with E-state index in [1.165, 1.54) is 52.0 Å². The monoisotopic (exact) mass is 513 g/mol. The molecule has 37 heavy (non-hydrogen) atoms. The average molecular weight is 514 g/mol. The number of carbonyl (C=O) groups is 1. The van der Waals surface area contributed by atoms with Crippen molar-refractivity contribution in [3.63, 3.8) is 0 Å². The van der Waals surface area contributed by atoms with Crippen LogP contribution in [0, 0.1) is 10.1 Å². The van der Waals surface area contributed by atoms with Crippen molar-refractivity contribution in [1.29, 1.82) is 0 Å². The van der Waals surface area contributed by atoms with Crippen LogP contribution in [-0.4, -0.2) is 25.1 Å². The SMILES string of the molecule is CCCCC/C=C/C/C=C/C/C=C\C/C=C/CCCC(=O)O[C@H](C)c1cc(OC)c(OC)cc1[N+](=O)[O-]. The van der Waals surface area contributed by atoms with E-state index in [4.69, 9.17) is 14.2 Å². The van der Waals surface area contributed by atoms with Crippen LogP contribution in [-0.2, 0) is 9.53 Å². The molecular formula is C30H43NO6. The molecule has 0 aliphatic heterocycles. The lowest BCUT2D eigenvalue weighted by molar-refractivity contribution is -0.386. The lowest BCUT2D eigenvalue weighted by atomic mass is 10.1. The molecule has 0 fully saturated rings. The van der Waals surface area contributed by atoms with Crippen LogP contribution in [0.2, 0.25) is 0 Å². The van der Waals surface area contributed by atoms with Gasteiger partial charge in [-0.05, 0) is 57.9 Å². The zero-order valence-electron chi connectivity index (χ0n) is 22.8. The predicted molar refractivity (Wildman–Crippen MR) is 149 cm³/mol. The Balaban J connectivity index is 2.30. The molecule has 0 heterocycles. The number of nitro benzene ring substituents is 1. The molecule has 7 nitrogen and oxygen atoms in total. The van der Waals surface area contributed by atoms with E-state index in [9.17, 15) is 14.9 Å². The number of benzene rings is 1. The Morgan fingerprint density at radius 3 is 1.89 bits per heavy atom. The van der Waals surface area contributed by atoms with Crippen molar-refractivity contribution >= 4 is 11.7 Å². The number of rotatable bonds is 19. The van der Waals surface area contributed by atoms with Gasteiger partial charge in [-0.2, -0.15) is 0 Å². The first-order valence-electron chi connectivity index (χ1n) is 13.1. The van der Waals surface area contributed by atoms with Crippen LogP contribution >= 0.6 is 0 Å². The minimum atomic E-state index is -0.788. The van der Waals surface area contributed by atoms with Gasteiger partial charge in [-0.3, -0.25) is 14.9 Å². The van der Waals surface area contributed by atoms with Crippen LogP contribution in [0.25, 0.3) is 0 Å². The fraction of sp³-hybridized carbons (Fsp3) is 0.500. The Bertz CT molecular complexity index is 932. The molecule has 1 aromatic carbocycles. The summed E-state index contributed by atoms with van der Waals surface area (Å²) < 4.78 is 15.8. The maximum atomic E-state index is 12.3. The lowest BCUT2D eigenvalue weighted by Gasteiger charge is -2.16. The first-order chi connectivity index (χ1) is 17.9. The highest BCUT2D eigenvalue weighted by atomic mass is 16.6. The minimum absolute atomic E-state index is 0.181. The second kappa shape index (κ2) is 19.8. The summed E-state index contributed by atoms with van der Waals surface area (Å²) in [7, 11) is 2.85. The largest absolute Gasteiger partial charge is 0.493 e. The number of nitro groups is 1. The predicted octanol–water partition coefficient (Wildman–Crippen LogP) is 8.36. The quantitative estimate of drug-likeness (QED) is 0.0607. The smallest absolute Gasteiger partial charge is 0.306 e. The van der Waals surface area contributed by atoms with Crippen molar-refractivity contribution in [2.24, 2.45) is 0 Å². The van der Waals surface area contributed by atoms with E-state index in [1.54, 1.807) is 6.92 Å². The molecule has 1 aromatic rings. The van der Waals surface area contributed by atoms with Crippen LogP contribution < -0.4 is 9.47 Å². The number of nitrogens with zero attached hydrogens (tertiary/aromatic N) is 1. The molecule has 0 N–H and O–H groups in total. The molecule has 0 amide bonds. The van der Waals surface area contributed by atoms with Crippen LogP contribution in [0.3, 0.4) is 0 Å². The Kier molecular flexibility index (Phi) is 16.9. The van der Waals surface area contributed by atoms with E-state index in [-0.39, 0.29) is 23.4 Å². The van der Waals surface area contributed by atoms with E-state index < -0.39 is 17.0 Å². The molecule has 1 rings (SSSR count). The van der Waals surface area contributed by atoms with E-state index >= 15 is 0 Å². The highest BCUT2D eigenvalue weighted by Gasteiger charge is 2.25. The molecule has 0 unspecified atom stereocenters. The number of esters is 1. The van der Waals surface area contributed by atoms with Crippen LogP contribution in [0.15, 0.2) is 60.7 Å². The maximum Gasteiger partial charge on any atom is 0.306 e. The zero-order valence-corrected chi connectivity index (χ0v) is 22.8. The highest BCUT2D eigenvalue weighted by Crippen LogP contribution is 2.38. The third-order valence-corrected chi connectivity index (χ3v) is 5.68. The van der Waals surface area contributed by atoms with Gasteiger partial charge in [0.1, 0.15) is 6.10 Å². The highest BCUT2D eigenvalue weighted by molar-refractivity contribution is 5.70. The summed E-state index contributed by atoms with van der Waals surface area (Å²) >= 11 is 0. The summed E-state index contributed by atoms with van der Waals surface area (Å²) in [6, 6.07) is 2.76. The van der Waals surface area contributed by atoms with Crippen molar-refractivity contribution < 1.29 is 23.9 Å². The fourth-order valence-corrected chi connectivity index (χ4v) is 3.61. The fourth-order valence-electron chi connectivity index (χ4n) is 3.61. The number of allylic oxidation sites excluding steroid dienone is 8. The molecule has 0 saturated heterocycles. The molecule has 7 heteroatoms. The standard InChI is InChI=1S/C30H43NO6/c1-5-6-7-8-9-10-11-12-13-14-15-16-17-18-19-20-21-22-30(32)37-25(2)26-23-28(35-3)29(36-4)24-27(26)31(33)34/h9-10,12-13,15-16,18-19,23-25H,5-8,11,14,17,20-22H2,1-4H3/b10-9+,13-12+,16-15-,19-18+/t25-/m1/s1. The van der Waals surface area contributed by atoms with E-state index in [0.717, 1.165) is 25.7 Å². The van der Waals surface area contributed by atoms with Crippen LogP contribution in [0.4, 0.5) is 5.69 Å². The summed E-state index contributed by atoms with van der Waals surface area (Å²) in [5, 5.41) is 11.5. The van der Waals surface area contributed by atoms with Crippen molar-refractivity contribution in [3.8, 4) is 11.5 Å². The number of methoxy groups -OCH3 is 2. The number of hydrogen-bond acceptors (Lipinski definition) is 6. The Morgan fingerprint density at radius 1 is 0.865 bits per heavy atom. The number of hydrogen-bond donors (Lipinski definition) is 0. The molecule has 0 aromatic heterocycles. The summed E-state index contributed by atoms with van der Waals surface area (Å²) in [6.45, 7) is 3.83. The van der Waals surface area contributed by atoms with Gasteiger partial charge in [0.2, 0.25) is 0 Å². The lowest BCUT2D eigenvalue weighted by Crippen LogP contribution is -2.11. The molecule has 0 aliphatic rings. The molecule has 0 saturated carbocycles. The van der Waals surface area contributed by atoms with Crippen molar-refractivity contribution in [3.05, 3.63) is 76.4 Å². The summed E-state index contributed by atoms with van der Waals surface area (Å²) in [4.78, 5) is 23.2. The van der Waals surface area contributed by atoms with Gasteiger partial charge in [-0.1, -0.05) is 68.4 Å². The van der Waals surface area contributed by atoms with Gasteiger partial charge >= 0.3 is 5.97 Å². The topological polar surface area (TPSA) is 87.9 Å². The van der Waals surface area contributed by atoms with Crippen LogP contribution in [0.1, 0.15) is 89.7 Å². The average Bonchev–Trinajstić information content (AvgIpc) is 2.89. The van der Waals surface area contributed by atoms with Gasteiger partial charge in [0.05, 0.1) is 30.8 Å². The molecule has 0 spiro atoms. The molecular weight excluding hydrogens is 470 g/mol. The second-order valence-corrected chi connectivity index (χ2v) is 8.64. The van der Waals surface area contributed by atoms with Gasteiger partial charge in [0, 0.05) is 6.42 Å². The third-order valence-electron chi connectivity index (χ3n) is 5.68. The molecule has 0 bridgehead atoms. The Hall–Kier alpha value is -3.35. The molecule has 0 radical (unpaired) electrons. The third kappa shape index (κ3) is 13.5. The van der Waals surface area contributed by atoms with Gasteiger partial charge in [0.25, 0.3) is 5.69 Å². The second-order valence-electron chi connectivity index (χ2n) is 8.64. The van der Waals surface area contributed by atoms with E-state index in [0.29, 0.717) is 12.2 Å². The van der Waals surface area contributed by atoms with Gasteiger partial charge in [-0.15, -0.1) is 0 Å². The number of carbonyl (C=O) groups excluding carboxylic acids is 1. The minimum Gasteiger partial charge on any atom is -0.493 e. The molecule has 0 aliphatic carbocycles. The summed E-state index contributed by atoms with van der Waals surface area (Å²) in [5.74, 6) is 0.189. The maximum absolute atomic E-state index is 12.3. The van der Waals surface area contributed by atoms with Gasteiger partial charge < -0.3 is 14.2 Å². The van der Waals surface area contributed by atoms with Crippen LogP contribution in [0.5, 0.6) is 11.5 Å². The Labute approximate surface area is 222 Å². The van der Waals surface area contributed by atoms with Crippen molar-refractivity contribution in [2.75, 3.05) is 14.2 Å². The zero-order chi connectivity index (χ0) is 27.3. The number of ether oxygens (including phenoxy) is 3. The van der Waals surface area contributed by atoms with E-state index in [1.807, 2.05) is 0 Å². The summed E-state index contributed by atoms with van der Waals surface area (Å²) in [6.07, 6.45) is 26.0. The number of unbranched alkanes of at least 4 members (excludes halogenated alkanes) is 4. The first kappa shape index (κ1) is 31.7. The Morgan fingerprint density at radius 2 is 1.38 bits per heavy atom. The van der Waals surface area contributed by atoms with Crippen molar-refractivity contribution in [1.82, 2.24) is 0 Å². The summed E-state index contributed by atoms with van der Waals surface area (Å²) in [5.41, 5.74) is 0.0791. The van der Waals surface area contributed by atoms with Gasteiger partial charge in [0.15, 0.2) is 11.5 Å². The van der Waals surface area contributed by atoms with Gasteiger partial charge in [-0.25, -0.2) is 0 Å². The molecule has 1 atom stereocenters. The molecule has 204 valence electrons. The normalized spacial score (nSPS) is 12.6.